The Morgan fingerprint density at radius 2 is 1.81 bits per heavy atom. The molecule has 0 aliphatic carbocycles. The van der Waals surface area contributed by atoms with E-state index in [9.17, 15) is 9.90 Å². The van der Waals surface area contributed by atoms with Crippen LogP contribution in [0.5, 0.6) is 0 Å². The lowest BCUT2D eigenvalue weighted by molar-refractivity contribution is -0.137. The molecule has 0 aromatic heterocycles. The fourth-order valence-electron chi connectivity index (χ4n) is 3.06. The number of hydrogen-bond donors (Lipinski definition) is 1. The zero-order valence-electron chi connectivity index (χ0n) is 14.0. The van der Waals surface area contributed by atoms with Crippen molar-refractivity contribution in [3.8, 4) is 0 Å². The maximum absolute atomic E-state index is 12.5. The molecule has 5 nitrogen and oxygen atoms in total. The van der Waals surface area contributed by atoms with Gasteiger partial charge >= 0.3 is 0 Å². The van der Waals surface area contributed by atoms with Crippen molar-refractivity contribution < 1.29 is 9.90 Å². The van der Waals surface area contributed by atoms with E-state index in [4.69, 9.17) is 0 Å². The van der Waals surface area contributed by atoms with E-state index in [0.29, 0.717) is 12.5 Å². The monoisotopic (exact) mass is 297 g/mol. The standard InChI is InChI=1S/C16H31N3O2/c1-16(2,3)14(20)12-18-7-9-19(10-8-18)15(21)13-5-6-17(4)11-13/h13-14,20H,5-12H2,1-4H3/t13-,14-/m1/s1. The summed E-state index contributed by atoms with van der Waals surface area (Å²) in [4.78, 5) is 19.0. The summed E-state index contributed by atoms with van der Waals surface area (Å²) in [6.07, 6.45) is 0.682. The Kier molecular flexibility index (Phi) is 5.28. The highest BCUT2D eigenvalue weighted by molar-refractivity contribution is 5.79. The molecule has 2 heterocycles. The summed E-state index contributed by atoms with van der Waals surface area (Å²) in [5, 5.41) is 10.2. The molecule has 2 atom stereocenters. The van der Waals surface area contributed by atoms with Gasteiger partial charge in [0.25, 0.3) is 0 Å². The van der Waals surface area contributed by atoms with Crippen LogP contribution in [0.3, 0.4) is 0 Å². The molecule has 2 rings (SSSR count). The van der Waals surface area contributed by atoms with E-state index >= 15 is 0 Å². The Labute approximate surface area is 128 Å². The zero-order valence-corrected chi connectivity index (χ0v) is 14.0. The number of carbonyl (C=O) groups is 1. The minimum absolute atomic E-state index is 0.0820. The molecule has 122 valence electrons. The van der Waals surface area contributed by atoms with Crippen LogP contribution in [0.25, 0.3) is 0 Å². The lowest BCUT2D eigenvalue weighted by Crippen LogP contribution is -2.53. The smallest absolute Gasteiger partial charge is 0.227 e. The minimum Gasteiger partial charge on any atom is -0.391 e. The van der Waals surface area contributed by atoms with Crippen LogP contribution in [-0.4, -0.2) is 84.7 Å². The first-order valence-corrected chi connectivity index (χ1v) is 8.15. The van der Waals surface area contributed by atoms with Crippen molar-refractivity contribution in [2.75, 3.05) is 52.9 Å². The molecule has 5 heteroatoms. The quantitative estimate of drug-likeness (QED) is 0.823. The Hall–Kier alpha value is -0.650. The molecule has 0 aromatic rings. The van der Waals surface area contributed by atoms with Crippen LogP contribution in [0.2, 0.25) is 0 Å². The van der Waals surface area contributed by atoms with Gasteiger partial charge < -0.3 is 14.9 Å². The van der Waals surface area contributed by atoms with Gasteiger partial charge in [-0.2, -0.15) is 0 Å². The largest absolute Gasteiger partial charge is 0.391 e. The number of amides is 1. The highest BCUT2D eigenvalue weighted by atomic mass is 16.3. The molecule has 0 spiro atoms. The molecule has 2 aliphatic rings. The van der Waals surface area contributed by atoms with Crippen molar-refractivity contribution in [3.05, 3.63) is 0 Å². The molecule has 21 heavy (non-hydrogen) atoms. The molecule has 2 aliphatic heterocycles. The molecule has 1 N–H and O–H groups in total. The highest BCUT2D eigenvalue weighted by Crippen LogP contribution is 2.21. The number of aliphatic hydroxyl groups excluding tert-OH is 1. The number of hydrogen-bond acceptors (Lipinski definition) is 4. The first kappa shape index (κ1) is 16.7. The number of β-amino-alcohol motifs (C(OH)–C–C–N with tert-alkyl or cyclic N) is 1. The van der Waals surface area contributed by atoms with Crippen molar-refractivity contribution >= 4 is 5.91 Å². The van der Waals surface area contributed by atoms with Gasteiger partial charge in [0.1, 0.15) is 0 Å². The number of likely N-dealkylation sites (tertiary alicyclic amines) is 1. The molecule has 2 fully saturated rings. The summed E-state index contributed by atoms with van der Waals surface area (Å²) in [6, 6.07) is 0. The first-order chi connectivity index (χ1) is 9.77. The number of aliphatic hydroxyl groups is 1. The highest BCUT2D eigenvalue weighted by Gasteiger charge is 2.32. The lowest BCUT2D eigenvalue weighted by atomic mass is 9.89. The van der Waals surface area contributed by atoms with Gasteiger partial charge in [-0.1, -0.05) is 20.8 Å². The Morgan fingerprint density at radius 1 is 1.19 bits per heavy atom. The molecule has 0 saturated carbocycles. The summed E-state index contributed by atoms with van der Waals surface area (Å²) in [7, 11) is 2.08. The molecule has 1 amide bonds. The fourth-order valence-corrected chi connectivity index (χ4v) is 3.06. The predicted molar refractivity (Wildman–Crippen MR) is 84.1 cm³/mol. The number of nitrogens with zero attached hydrogens (tertiary/aromatic N) is 3. The summed E-state index contributed by atoms with van der Waals surface area (Å²) in [6.45, 7) is 12.2. The summed E-state index contributed by atoms with van der Waals surface area (Å²) < 4.78 is 0. The van der Waals surface area contributed by atoms with E-state index in [1.807, 2.05) is 4.90 Å². The second-order valence-electron chi connectivity index (χ2n) is 7.76. The third kappa shape index (κ3) is 4.41. The van der Waals surface area contributed by atoms with Crippen LogP contribution in [0.15, 0.2) is 0 Å². The van der Waals surface area contributed by atoms with E-state index in [2.05, 4.69) is 37.6 Å². The lowest BCUT2D eigenvalue weighted by Gasteiger charge is -2.38. The normalized spacial score (nSPS) is 27.1. The fraction of sp³-hybridized carbons (Fsp3) is 0.938. The van der Waals surface area contributed by atoms with E-state index in [1.54, 1.807) is 0 Å². The van der Waals surface area contributed by atoms with Crippen LogP contribution in [-0.2, 0) is 4.79 Å². The van der Waals surface area contributed by atoms with Gasteiger partial charge in [-0.05, 0) is 25.4 Å². The van der Waals surface area contributed by atoms with E-state index in [-0.39, 0.29) is 17.4 Å². The van der Waals surface area contributed by atoms with Gasteiger partial charge in [0.2, 0.25) is 5.91 Å². The maximum atomic E-state index is 12.5. The van der Waals surface area contributed by atoms with Gasteiger partial charge in [-0.15, -0.1) is 0 Å². The summed E-state index contributed by atoms with van der Waals surface area (Å²) >= 11 is 0. The van der Waals surface area contributed by atoms with E-state index in [1.165, 1.54) is 0 Å². The Bertz CT molecular complexity index is 359. The van der Waals surface area contributed by atoms with Crippen molar-refractivity contribution in [2.45, 2.75) is 33.3 Å². The van der Waals surface area contributed by atoms with Crippen molar-refractivity contribution in [1.82, 2.24) is 14.7 Å². The van der Waals surface area contributed by atoms with E-state index in [0.717, 1.165) is 45.7 Å². The van der Waals surface area contributed by atoms with Crippen LogP contribution >= 0.6 is 0 Å². The molecule has 0 aromatic carbocycles. The number of carbonyl (C=O) groups excluding carboxylic acids is 1. The average molecular weight is 297 g/mol. The summed E-state index contributed by atoms with van der Waals surface area (Å²) in [5.74, 6) is 0.525. The molecule has 0 unspecified atom stereocenters. The molecule has 0 bridgehead atoms. The van der Waals surface area contributed by atoms with Crippen LogP contribution in [0.4, 0.5) is 0 Å². The molecular formula is C16H31N3O2. The number of piperazine rings is 1. The van der Waals surface area contributed by atoms with Crippen molar-refractivity contribution in [1.29, 1.82) is 0 Å². The molecular weight excluding hydrogens is 266 g/mol. The average Bonchev–Trinajstić information content (AvgIpc) is 2.84. The third-order valence-corrected chi connectivity index (χ3v) is 4.86. The maximum Gasteiger partial charge on any atom is 0.227 e. The topological polar surface area (TPSA) is 47.0 Å². The van der Waals surface area contributed by atoms with Gasteiger partial charge in [-0.25, -0.2) is 0 Å². The van der Waals surface area contributed by atoms with Gasteiger partial charge in [0.15, 0.2) is 0 Å². The second-order valence-corrected chi connectivity index (χ2v) is 7.76. The van der Waals surface area contributed by atoms with Crippen LogP contribution in [0, 0.1) is 11.3 Å². The van der Waals surface area contributed by atoms with Crippen molar-refractivity contribution in [3.63, 3.8) is 0 Å². The molecule has 2 saturated heterocycles. The van der Waals surface area contributed by atoms with Gasteiger partial charge in [0, 0.05) is 39.3 Å². The van der Waals surface area contributed by atoms with Crippen LogP contribution in [0.1, 0.15) is 27.2 Å². The van der Waals surface area contributed by atoms with Gasteiger partial charge in [0.05, 0.1) is 12.0 Å². The Balaban J connectivity index is 1.77. The van der Waals surface area contributed by atoms with Crippen molar-refractivity contribution in [2.24, 2.45) is 11.3 Å². The summed E-state index contributed by atoms with van der Waals surface area (Å²) in [5.41, 5.74) is -0.0820. The van der Waals surface area contributed by atoms with E-state index < -0.39 is 0 Å². The first-order valence-electron chi connectivity index (χ1n) is 8.15. The molecule has 0 radical (unpaired) electrons. The SMILES string of the molecule is CN1CC[C@@H](C(=O)N2CCN(C[C@@H](O)C(C)(C)C)CC2)C1. The zero-order chi connectivity index (χ0) is 15.6. The Morgan fingerprint density at radius 3 is 2.29 bits per heavy atom. The third-order valence-electron chi connectivity index (χ3n) is 4.86. The minimum atomic E-state index is -0.316. The van der Waals surface area contributed by atoms with Gasteiger partial charge in [-0.3, -0.25) is 9.69 Å². The predicted octanol–water partition coefficient (Wildman–Crippen LogP) is 0.489. The number of rotatable bonds is 3. The van der Waals surface area contributed by atoms with Crippen LogP contribution < -0.4 is 0 Å². The second kappa shape index (κ2) is 6.63.